The van der Waals surface area contributed by atoms with Crippen LogP contribution in [-0.4, -0.2) is 16.3 Å². The summed E-state index contributed by atoms with van der Waals surface area (Å²) in [6, 6.07) is 5.15. The van der Waals surface area contributed by atoms with Gasteiger partial charge in [0.15, 0.2) is 0 Å². The lowest BCUT2D eigenvalue weighted by atomic mass is 10.1. The minimum atomic E-state index is -0.227. The molecule has 106 valence electrons. The number of halogens is 2. The minimum absolute atomic E-state index is 0.227. The molecule has 1 aromatic heterocycles. The third kappa shape index (κ3) is 2.52. The Morgan fingerprint density at radius 2 is 2.30 bits per heavy atom. The van der Waals surface area contributed by atoms with Crippen molar-refractivity contribution < 1.29 is 4.39 Å². The van der Waals surface area contributed by atoms with E-state index in [1.54, 1.807) is 0 Å². The Bertz CT molecular complexity index is 636. The molecular weight excluding hydrogens is 321 g/mol. The van der Waals surface area contributed by atoms with Crippen LogP contribution >= 0.6 is 15.9 Å². The van der Waals surface area contributed by atoms with Gasteiger partial charge in [-0.2, -0.15) is 5.10 Å². The maximum absolute atomic E-state index is 13.3. The van der Waals surface area contributed by atoms with E-state index >= 15 is 0 Å². The van der Waals surface area contributed by atoms with E-state index in [0.29, 0.717) is 11.0 Å². The quantitative estimate of drug-likeness (QED) is 0.932. The number of aromatic nitrogens is 2. The summed E-state index contributed by atoms with van der Waals surface area (Å²) in [6.07, 6.45) is 1.95. The largest absolute Gasteiger partial charge is 0.312 e. The fourth-order valence-electron chi connectivity index (χ4n) is 2.72. The number of hydrogen-bond donors (Lipinski definition) is 1. The van der Waals surface area contributed by atoms with Crippen molar-refractivity contribution in [1.82, 2.24) is 15.1 Å². The van der Waals surface area contributed by atoms with Gasteiger partial charge in [-0.05, 0) is 40.0 Å². The lowest BCUT2D eigenvalue weighted by Gasteiger charge is -2.15. The molecule has 0 atom stereocenters. The molecule has 1 aliphatic rings. The molecule has 1 N–H and O–H groups in total. The number of benzene rings is 1. The number of rotatable bonds is 3. The molecule has 0 fully saturated rings. The van der Waals surface area contributed by atoms with E-state index in [2.05, 4.69) is 32.9 Å². The van der Waals surface area contributed by atoms with E-state index in [4.69, 9.17) is 5.10 Å². The van der Waals surface area contributed by atoms with Crippen LogP contribution in [0.2, 0.25) is 0 Å². The van der Waals surface area contributed by atoms with Gasteiger partial charge in [0.1, 0.15) is 5.82 Å². The van der Waals surface area contributed by atoms with Crippen molar-refractivity contribution in [2.75, 3.05) is 6.54 Å². The van der Waals surface area contributed by atoms with E-state index in [-0.39, 0.29) is 5.82 Å². The fourth-order valence-corrected chi connectivity index (χ4v) is 3.14. The highest BCUT2D eigenvalue weighted by Crippen LogP contribution is 2.22. The Morgan fingerprint density at radius 1 is 1.45 bits per heavy atom. The summed E-state index contributed by atoms with van der Waals surface area (Å²) in [6.45, 7) is 4.73. The van der Waals surface area contributed by atoms with Crippen LogP contribution in [0.1, 0.15) is 29.4 Å². The Morgan fingerprint density at radius 3 is 3.05 bits per heavy atom. The summed E-state index contributed by atoms with van der Waals surface area (Å²) in [5.74, 6) is -0.227. The number of hydrogen-bond acceptors (Lipinski definition) is 2. The van der Waals surface area contributed by atoms with Crippen molar-refractivity contribution in [3.8, 4) is 0 Å². The normalized spacial score (nSPS) is 14.3. The molecule has 1 aromatic carbocycles. The molecule has 1 aliphatic heterocycles. The highest BCUT2D eigenvalue weighted by Gasteiger charge is 2.19. The highest BCUT2D eigenvalue weighted by molar-refractivity contribution is 9.10. The van der Waals surface area contributed by atoms with Crippen LogP contribution in [-0.2, 0) is 25.9 Å². The van der Waals surface area contributed by atoms with Crippen LogP contribution in [0, 0.1) is 5.82 Å². The van der Waals surface area contributed by atoms with Crippen molar-refractivity contribution in [3.05, 3.63) is 51.0 Å². The Kier molecular flexibility index (Phi) is 3.89. The van der Waals surface area contributed by atoms with Gasteiger partial charge in [0.25, 0.3) is 0 Å². The standard InChI is InChI=1S/C15H17BrFN3/c1-2-14-11-8-18-6-5-15(11)20(19-14)9-10-3-4-13(17)12(16)7-10/h3-4,7,18H,2,5-6,8-9H2,1H3. The van der Waals surface area contributed by atoms with Crippen LogP contribution in [0.25, 0.3) is 0 Å². The molecule has 2 aromatic rings. The zero-order chi connectivity index (χ0) is 14.1. The second-order valence-corrected chi connectivity index (χ2v) is 5.91. The van der Waals surface area contributed by atoms with E-state index in [9.17, 15) is 4.39 Å². The Labute approximate surface area is 126 Å². The van der Waals surface area contributed by atoms with Gasteiger partial charge in [-0.15, -0.1) is 0 Å². The second-order valence-electron chi connectivity index (χ2n) is 5.06. The van der Waals surface area contributed by atoms with Gasteiger partial charge in [0.2, 0.25) is 0 Å². The van der Waals surface area contributed by atoms with Crippen molar-refractivity contribution in [2.24, 2.45) is 0 Å². The predicted molar refractivity (Wildman–Crippen MR) is 80.2 cm³/mol. The van der Waals surface area contributed by atoms with E-state index in [0.717, 1.165) is 31.5 Å². The molecule has 3 nitrogen and oxygen atoms in total. The van der Waals surface area contributed by atoms with E-state index in [1.165, 1.54) is 23.0 Å². The molecule has 0 amide bonds. The lowest BCUT2D eigenvalue weighted by Crippen LogP contribution is -2.25. The molecule has 5 heteroatoms. The zero-order valence-corrected chi connectivity index (χ0v) is 13.0. The van der Waals surface area contributed by atoms with Crippen molar-refractivity contribution >= 4 is 15.9 Å². The first-order valence-electron chi connectivity index (χ1n) is 6.91. The topological polar surface area (TPSA) is 29.9 Å². The zero-order valence-electron chi connectivity index (χ0n) is 11.4. The summed E-state index contributed by atoms with van der Waals surface area (Å²) in [7, 11) is 0. The summed E-state index contributed by atoms with van der Waals surface area (Å²) in [5, 5.41) is 8.12. The summed E-state index contributed by atoms with van der Waals surface area (Å²) in [5.41, 5.74) is 4.90. The molecule has 0 unspecified atom stereocenters. The highest BCUT2D eigenvalue weighted by atomic mass is 79.9. The first-order chi connectivity index (χ1) is 9.69. The van der Waals surface area contributed by atoms with Crippen LogP contribution in [0.3, 0.4) is 0 Å². The van der Waals surface area contributed by atoms with Crippen LogP contribution in [0.5, 0.6) is 0 Å². The van der Waals surface area contributed by atoms with Gasteiger partial charge >= 0.3 is 0 Å². The molecule has 0 saturated heterocycles. The van der Waals surface area contributed by atoms with Crippen molar-refractivity contribution in [2.45, 2.75) is 32.9 Å². The number of aryl methyl sites for hydroxylation is 1. The molecule has 0 spiro atoms. The number of fused-ring (bicyclic) bond motifs is 1. The smallest absolute Gasteiger partial charge is 0.137 e. The van der Waals surface area contributed by atoms with Crippen LogP contribution in [0.4, 0.5) is 4.39 Å². The Balaban J connectivity index is 1.94. The monoisotopic (exact) mass is 337 g/mol. The molecule has 0 bridgehead atoms. The fraction of sp³-hybridized carbons (Fsp3) is 0.400. The summed E-state index contributed by atoms with van der Waals surface area (Å²) < 4.78 is 15.9. The third-order valence-corrected chi connectivity index (χ3v) is 4.35. The average Bonchev–Trinajstić information content (AvgIpc) is 2.81. The van der Waals surface area contributed by atoms with Gasteiger partial charge in [0.05, 0.1) is 16.7 Å². The van der Waals surface area contributed by atoms with Crippen LogP contribution in [0.15, 0.2) is 22.7 Å². The molecule has 3 rings (SSSR count). The van der Waals surface area contributed by atoms with Crippen molar-refractivity contribution in [3.63, 3.8) is 0 Å². The lowest BCUT2D eigenvalue weighted by molar-refractivity contribution is 0.580. The first-order valence-corrected chi connectivity index (χ1v) is 7.70. The third-order valence-electron chi connectivity index (χ3n) is 3.74. The number of nitrogens with zero attached hydrogens (tertiary/aromatic N) is 2. The van der Waals surface area contributed by atoms with Gasteiger partial charge in [-0.25, -0.2) is 4.39 Å². The SMILES string of the molecule is CCc1nn(Cc2ccc(F)c(Br)c2)c2c1CNCC2. The van der Waals surface area contributed by atoms with Gasteiger partial charge < -0.3 is 5.32 Å². The molecule has 0 radical (unpaired) electrons. The molecule has 20 heavy (non-hydrogen) atoms. The maximum Gasteiger partial charge on any atom is 0.137 e. The Hall–Kier alpha value is -1.20. The van der Waals surface area contributed by atoms with Crippen LogP contribution < -0.4 is 5.32 Å². The summed E-state index contributed by atoms with van der Waals surface area (Å²) in [4.78, 5) is 0. The van der Waals surface area contributed by atoms with E-state index < -0.39 is 0 Å². The number of nitrogens with one attached hydrogen (secondary N) is 1. The molecular formula is C15H17BrFN3. The molecule has 0 aliphatic carbocycles. The van der Waals surface area contributed by atoms with Gasteiger partial charge in [-0.1, -0.05) is 13.0 Å². The second kappa shape index (κ2) is 5.66. The summed E-state index contributed by atoms with van der Waals surface area (Å²) >= 11 is 3.24. The minimum Gasteiger partial charge on any atom is -0.312 e. The first kappa shape index (κ1) is 13.8. The maximum atomic E-state index is 13.3. The predicted octanol–water partition coefficient (Wildman–Crippen LogP) is 3.04. The molecule has 2 heterocycles. The van der Waals surface area contributed by atoms with Gasteiger partial charge in [0, 0.05) is 30.8 Å². The average molecular weight is 338 g/mol. The van der Waals surface area contributed by atoms with Gasteiger partial charge in [-0.3, -0.25) is 4.68 Å². The van der Waals surface area contributed by atoms with Crippen molar-refractivity contribution in [1.29, 1.82) is 0 Å². The molecule has 0 saturated carbocycles. The van der Waals surface area contributed by atoms with E-state index in [1.807, 2.05) is 12.1 Å².